The molecule has 0 aliphatic heterocycles. The van der Waals surface area contributed by atoms with Crippen LogP contribution in [0.25, 0.3) is 0 Å². The monoisotopic (exact) mass is 264 g/mol. The average Bonchev–Trinajstić information content (AvgIpc) is 2.42. The van der Waals surface area contributed by atoms with Crippen LogP contribution in [0.3, 0.4) is 0 Å². The summed E-state index contributed by atoms with van der Waals surface area (Å²) >= 11 is 0. The first-order valence-electron chi connectivity index (χ1n) is 5.31. The van der Waals surface area contributed by atoms with Gasteiger partial charge in [-0.1, -0.05) is 5.16 Å². The van der Waals surface area contributed by atoms with Gasteiger partial charge in [0.05, 0.1) is 0 Å². The summed E-state index contributed by atoms with van der Waals surface area (Å²) in [7, 11) is 0. The third-order valence-corrected chi connectivity index (χ3v) is 2.38. The molecule has 0 bridgehead atoms. The van der Waals surface area contributed by atoms with Crippen LogP contribution in [0.2, 0.25) is 0 Å². The first kappa shape index (κ1) is 12.8. The summed E-state index contributed by atoms with van der Waals surface area (Å²) in [4.78, 5) is 0. The highest BCUT2D eigenvalue weighted by Crippen LogP contribution is 2.25. The summed E-state index contributed by atoms with van der Waals surface area (Å²) in [5.74, 6) is -1.02. The van der Waals surface area contributed by atoms with Crippen LogP contribution < -0.4 is 10.5 Å². The van der Waals surface area contributed by atoms with E-state index in [-0.39, 0.29) is 17.1 Å². The van der Waals surface area contributed by atoms with E-state index in [1.165, 1.54) is 36.4 Å². The number of rotatable bonds is 3. The maximum absolute atomic E-state index is 13.7. The van der Waals surface area contributed by atoms with Gasteiger partial charge in [-0.05, 0) is 42.5 Å². The molecule has 0 radical (unpaired) electrons. The molecule has 0 amide bonds. The number of benzene rings is 2. The lowest BCUT2D eigenvalue weighted by atomic mass is 10.2. The van der Waals surface area contributed by atoms with Gasteiger partial charge in [0, 0.05) is 5.56 Å². The molecule has 2 rings (SSSR count). The molecular weight excluding hydrogens is 254 g/mol. The summed E-state index contributed by atoms with van der Waals surface area (Å²) in [5, 5.41) is 11.3. The third-order valence-electron chi connectivity index (χ3n) is 2.38. The Hall–Kier alpha value is -2.63. The minimum Gasteiger partial charge on any atom is -0.454 e. The normalized spacial score (nSPS) is 11.4. The second-order valence-electron chi connectivity index (χ2n) is 3.69. The van der Waals surface area contributed by atoms with Crippen molar-refractivity contribution >= 4 is 5.84 Å². The van der Waals surface area contributed by atoms with Crippen molar-refractivity contribution in [3.8, 4) is 11.5 Å². The van der Waals surface area contributed by atoms with Gasteiger partial charge < -0.3 is 15.7 Å². The van der Waals surface area contributed by atoms with Crippen LogP contribution in [0.5, 0.6) is 11.5 Å². The number of hydrogen-bond acceptors (Lipinski definition) is 3. The van der Waals surface area contributed by atoms with Crippen LogP contribution in [0.4, 0.5) is 8.78 Å². The van der Waals surface area contributed by atoms with Gasteiger partial charge in [0.25, 0.3) is 0 Å². The highest BCUT2D eigenvalue weighted by Gasteiger charge is 2.08. The predicted molar refractivity (Wildman–Crippen MR) is 65.4 cm³/mol. The van der Waals surface area contributed by atoms with Crippen LogP contribution in [0.1, 0.15) is 5.56 Å². The minimum atomic E-state index is -0.673. The van der Waals surface area contributed by atoms with E-state index < -0.39 is 11.6 Å². The first-order valence-corrected chi connectivity index (χ1v) is 5.31. The highest BCUT2D eigenvalue weighted by molar-refractivity contribution is 5.97. The fourth-order valence-corrected chi connectivity index (χ4v) is 1.43. The van der Waals surface area contributed by atoms with Crippen molar-refractivity contribution < 1.29 is 18.7 Å². The fourth-order valence-electron chi connectivity index (χ4n) is 1.43. The standard InChI is InChI=1S/C13H10F2N2O2/c14-9-2-4-10(5-3-9)19-12-6-1-8(7-11(12)15)13(16)17-18/h1-7,18H,(H2,16,17). The molecule has 0 saturated heterocycles. The van der Waals surface area contributed by atoms with Crippen LogP contribution in [-0.4, -0.2) is 11.0 Å². The van der Waals surface area contributed by atoms with Gasteiger partial charge in [-0.2, -0.15) is 0 Å². The zero-order chi connectivity index (χ0) is 13.8. The van der Waals surface area contributed by atoms with E-state index in [2.05, 4.69) is 5.16 Å². The quantitative estimate of drug-likeness (QED) is 0.387. The van der Waals surface area contributed by atoms with Crippen molar-refractivity contribution in [2.45, 2.75) is 0 Å². The lowest BCUT2D eigenvalue weighted by Crippen LogP contribution is -2.13. The minimum absolute atomic E-state index is 0.0407. The molecule has 0 spiro atoms. The largest absolute Gasteiger partial charge is 0.454 e. The molecule has 2 aromatic carbocycles. The van der Waals surface area contributed by atoms with Crippen LogP contribution in [0, 0.1) is 11.6 Å². The van der Waals surface area contributed by atoms with E-state index in [4.69, 9.17) is 15.7 Å². The molecule has 0 heterocycles. The van der Waals surface area contributed by atoms with E-state index in [1.807, 2.05) is 0 Å². The molecule has 0 fully saturated rings. The molecule has 2 aromatic rings. The number of hydrogen-bond donors (Lipinski definition) is 2. The predicted octanol–water partition coefficient (Wildman–Crippen LogP) is 2.85. The average molecular weight is 264 g/mol. The molecule has 0 unspecified atom stereocenters. The first-order chi connectivity index (χ1) is 9.10. The summed E-state index contributed by atoms with van der Waals surface area (Å²) in [5.41, 5.74) is 5.56. The number of halogens is 2. The van der Waals surface area contributed by atoms with Crippen LogP contribution in [-0.2, 0) is 0 Å². The third kappa shape index (κ3) is 2.98. The Kier molecular flexibility index (Phi) is 3.61. The lowest BCUT2D eigenvalue weighted by Gasteiger charge is -2.07. The van der Waals surface area contributed by atoms with Gasteiger partial charge in [0.1, 0.15) is 11.6 Å². The highest BCUT2D eigenvalue weighted by atomic mass is 19.1. The fraction of sp³-hybridized carbons (Fsp3) is 0. The topological polar surface area (TPSA) is 67.8 Å². The summed E-state index contributed by atoms with van der Waals surface area (Å²) in [6.07, 6.45) is 0. The Balaban J connectivity index is 2.24. The van der Waals surface area contributed by atoms with Crippen molar-refractivity contribution in [2.75, 3.05) is 0 Å². The second kappa shape index (κ2) is 5.34. The van der Waals surface area contributed by atoms with Gasteiger partial charge in [0.15, 0.2) is 17.4 Å². The van der Waals surface area contributed by atoms with Gasteiger partial charge in [-0.25, -0.2) is 8.78 Å². The second-order valence-corrected chi connectivity index (χ2v) is 3.69. The van der Waals surface area contributed by atoms with Gasteiger partial charge in [-0.3, -0.25) is 0 Å². The van der Waals surface area contributed by atoms with Crippen molar-refractivity contribution in [1.82, 2.24) is 0 Å². The van der Waals surface area contributed by atoms with Crippen LogP contribution >= 0.6 is 0 Å². The zero-order valence-corrected chi connectivity index (χ0v) is 9.68. The van der Waals surface area contributed by atoms with E-state index in [9.17, 15) is 8.78 Å². The van der Waals surface area contributed by atoms with Gasteiger partial charge in [0.2, 0.25) is 0 Å². The van der Waals surface area contributed by atoms with Crippen LogP contribution in [0.15, 0.2) is 47.6 Å². The Morgan fingerprint density at radius 2 is 1.79 bits per heavy atom. The molecule has 0 atom stereocenters. The SMILES string of the molecule is N/C(=N\O)c1ccc(Oc2ccc(F)cc2)c(F)c1. The molecular formula is C13H10F2N2O2. The van der Waals surface area contributed by atoms with Crippen molar-refractivity contribution in [3.63, 3.8) is 0 Å². The van der Waals surface area contributed by atoms with Gasteiger partial charge >= 0.3 is 0 Å². The van der Waals surface area contributed by atoms with E-state index in [1.54, 1.807) is 0 Å². The molecule has 0 aliphatic carbocycles. The molecule has 3 N–H and O–H groups in total. The molecule has 98 valence electrons. The summed E-state index contributed by atoms with van der Waals surface area (Å²) < 4.78 is 31.7. The number of nitrogens with two attached hydrogens (primary N) is 1. The Morgan fingerprint density at radius 1 is 1.11 bits per heavy atom. The van der Waals surface area contributed by atoms with Crippen molar-refractivity contribution in [3.05, 3.63) is 59.7 Å². The number of oxime groups is 1. The molecule has 19 heavy (non-hydrogen) atoms. The Labute approximate surface area is 107 Å². The lowest BCUT2D eigenvalue weighted by molar-refractivity contribution is 0.318. The van der Waals surface area contributed by atoms with Crippen molar-refractivity contribution in [1.29, 1.82) is 0 Å². The van der Waals surface area contributed by atoms with E-state index in [0.29, 0.717) is 5.75 Å². The van der Waals surface area contributed by atoms with Crippen molar-refractivity contribution in [2.24, 2.45) is 10.9 Å². The number of nitrogens with zero attached hydrogens (tertiary/aromatic N) is 1. The molecule has 0 saturated carbocycles. The van der Waals surface area contributed by atoms with E-state index >= 15 is 0 Å². The molecule has 4 nitrogen and oxygen atoms in total. The summed E-state index contributed by atoms with van der Waals surface area (Å²) in [6.45, 7) is 0. The maximum Gasteiger partial charge on any atom is 0.170 e. The summed E-state index contributed by atoms with van der Waals surface area (Å²) in [6, 6.07) is 9.03. The Bertz CT molecular complexity index is 613. The van der Waals surface area contributed by atoms with Gasteiger partial charge in [-0.15, -0.1) is 0 Å². The Morgan fingerprint density at radius 3 is 2.37 bits per heavy atom. The molecule has 6 heteroatoms. The number of ether oxygens (including phenoxy) is 1. The molecule has 0 aromatic heterocycles. The smallest absolute Gasteiger partial charge is 0.170 e. The number of amidine groups is 1. The maximum atomic E-state index is 13.7. The zero-order valence-electron chi connectivity index (χ0n) is 9.68. The molecule has 0 aliphatic rings. The van der Waals surface area contributed by atoms with E-state index in [0.717, 1.165) is 6.07 Å².